The minimum absolute atomic E-state index is 0.167. The highest BCUT2D eigenvalue weighted by molar-refractivity contribution is 8.00. The van der Waals surface area contributed by atoms with Crippen LogP contribution in [0.1, 0.15) is 52.5 Å². The van der Waals surface area contributed by atoms with Crippen LogP contribution in [0.2, 0.25) is 5.02 Å². The van der Waals surface area contributed by atoms with E-state index >= 15 is 0 Å². The first-order chi connectivity index (χ1) is 19.8. The maximum atomic E-state index is 12.4. The molecule has 1 saturated carbocycles. The summed E-state index contributed by atoms with van der Waals surface area (Å²) in [6.07, 6.45) is 7.34. The fourth-order valence-corrected chi connectivity index (χ4v) is 6.56. The number of benzene rings is 3. The van der Waals surface area contributed by atoms with Crippen molar-refractivity contribution >= 4 is 58.4 Å². The van der Waals surface area contributed by atoms with E-state index in [4.69, 9.17) is 26.1 Å². The van der Waals surface area contributed by atoms with Crippen molar-refractivity contribution in [3.63, 3.8) is 0 Å². The molecule has 210 valence electrons. The molecule has 0 N–H and O–H groups in total. The van der Waals surface area contributed by atoms with Crippen LogP contribution in [0.15, 0.2) is 78.9 Å². The Morgan fingerprint density at radius 2 is 1.80 bits per heavy atom. The van der Waals surface area contributed by atoms with Gasteiger partial charge < -0.3 is 9.47 Å². The summed E-state index contributed by atoms with van der Waals surface area (Å²) < 4.78 is 10.7. The smallest absolute Gasteiger partial charge is 0.338 e. The predicted octanol–water partition coefficient (Wildman–Crippen LogP) is 7.83. The third kappa shape index (κ3) is 7.78. The zero-order valence-electron chi connectivity index (χ0n) is 23.1. The number of pyridine rings is 1. The number of rotatable bonds is 11. The van der Waals surface area contributed by atoms with Crippen molar-refractivity contribution in [3.8, 4) is 0 Å². The van der Waals surface area contributed by atoms with Crippen molar-refractivity contribution in [2.24, 2.45) is 0 Å². The van der Waals surface area contributed by atoms with Crippen molar-refractivity contribution in [1.82, 2.24) is 4.98 Å². The average Bonchev–Trinajstić information content (AvgIpc) is 3.73. The van der Waals surface area contributed by atoms with Crippen LogP contribution in [0, 0.1) is 0 Å². The maximum Gasteiger partial charge on any atom is 0.338 e. The van der Waals surface area contributed by atoms with Crippen LogP contribution in [0.4, 0.5) is 0 Å². The lowest BCUT2D eigenvalue weighted by molar-refractivity contribution is -0.147. The largest absolute Gasteiger partial charge is 0.465 e. The molecule has 0 bridgehead atoms. The first-order valence-electron chi connectivity index (χ1n) is 13.6. The van der Waals surface area contributed by atoms with Gasteiger partial charge in [0.2, 0.25) is 0 Å². The van der Waals surface area contributed by atoms with E-state index in [9.17, 15) is 9.59 Å². The third-order valence-electron chi connectivity index (χ3n) is 7.16. The summed E-state index contributed by atoms with van der Waals surface area (Å²) >= 11 is 7.95. The van der Waals surface area contributed by atoms with E-state index in [1.807, 2.05) is 60.7 Å². The van der Waals surface area contributed by atoms with Gasteiger partial charge in [-0.1, -0.05) is 72.3 Å². The highest BCUT2D eigenvalue weighted by Crippen LogP contribution is 2.43. The molecule has 0 amide bonds. The van der Waals surface area contributed by atoms with Crippen LogP contribution < -0.4 is 0 Å². The Hall–Kier alpha value is -3.61. The second kappa shape index (κ2) is 12.9. The molecule has 0 spiro atoms. The van der Waals surface area contributed by atoms with Gasteiger partial charge in [0.05, 0.1) is 23.9 Å². The molecule has 4 aromatic rings. The number of aromatic nitrogens is 1. The van der Waals surface area contributed by atoms with Gasteiger partial charge in [-0.3, -0.25) is 4.79 Å². The van der Waals surface area contributed by atoms with Gasteiger partial charge in [0.1, 0.15) is 5.60 Å². The molecule has 0 aliphatic heterocycles. The van der Waals surface area contributed by atoms with E-state index in [0.717, 1.165) is 52.7 Å². The van der Waals surface area contributed by atoms with Crippen LogP contribution in [-0.2, 0) is 27.1 Å². The first kappa shape index (κ1) is 28.9. The molecule has 1 aromatic heterocycles. The van der Waals surface area contributed by atoms with Gasteiger partial charge in [-0.2, -0.15) is 11.8 Å². The van der Waals surface area contributed by atoms with E-state index in [1.165, 1.54) is 19.6 Å². The summed E-state index contributed by atoms with van der Waals surface area (Å²) in [5.41, 5.74) is 5.16. The van der Waals surface area contributed by atoms with Gasteiger partial charge in [0, 0.05) is 28.3 Å². The predicted molar refractivity (Wildman–Crippen MR) is 167 cm³/mol. The molecule has 0 saturated heterocycles. The number of esters is 2. The topological polar surface area (TPSA) is 65.5 Å². The molecule has 41 heavy (non-hydrogen) atoms. The fraction of sp³-hybridized carbons (Fsp3) is 0.265. The molecule has 0 radical (unpaired) electrons. The first-order valence-corrected chi connectivity index (χ1v) is 15.1. The summed E-state index contributed by atoms with van der Waals surface area (Å²) in [5, 5.41) is 1.88. The number of thioether (sulfide) groups is 1. The summed E-state index contributed by atoms with van der Waals surface area (Å²) in [6, 6.07) is 25.8. The molecule has 5 rings (SSSR count). The number of methoxy groups -OCH3 is 1. The lowest BCUT2D eigenvalue weighted by Crippen LogP contribution is -2.24. The number of halogens is 1. The van der Waals surface area contributed by atoms with E-state index < -0.39 is 0 Å². The van der Waals surface area contributed by atoms with Gasteiger partial charge in [0.25, 0.3) is 0 Å². The Kier molecular flexibility index (Phi) is 9.11. The number of carbonyl (C=O) groups is 2. The summed E-state index contributed by atoms with van der Waals surface area (Å²) in [6.45, 7) is 1.47. The molecular formula is C34H32ClNO4S. The number of ether oxygens (including phenoxy) is 2. The van der Waals surface area contributed by atoms with Gasteiger partial charge in [-0.15, -0.1) is 0 Å². The second-order valence-electron chi connectivity index (χ2n) is 10.4. The number of hydrogen-bond donors (Lipinski definition) is 0. The quantitative estimate of drug-likeness (QED) is 0.167. The molecule has 1 aliphatic carbocycles. The molecule has 3 aromatic carbocycles. The molecule has 1 aliphatic rings. The van der Waals surface area contributed by atoms with Crippen LogP contribution in [0.5, 0.6) is 0 Å². The lowest BCUT2D eigenvalue weighted by atomic mass is 9.98. The number of nitrogens with zero attached hydrogens (tertiary/aromatic N) is 1. The van der Waals surface area contributed by atoms with Crippen molar-refractivity contribution < 1.29 is 19.1 Å². The SMILES string of the molecule is COC(=O)c1ccccc1CC(Cc1cccc(C=Cc2ccc3ccc(Cl)cc3n2)c1)SCC1(OC(C)=O)CC1. The summed E-state index contributed by atoms with van der Waals surface area (Å²) in [4.78, 5) is 28.8. The minimum atomic E-state index is -0.363. The molecule has 1 unspecified atom stereocenters. The van der Waals surface area contributed by atoms with Crippen LogP contribution in [0.25, 0.3) is 23.1 Å². The highest BCUT2D eigenvalue weighted by Gasteiger charge is 2.46. The molecule has 7 heteroatoms. The maximum absolute atomic E-state index is 12.4. The Morgan fingerprint density at radius 1 is 1.00 bits per heavy atom. The zero-order valence-corrected chi connectivity index (χ0v) is 24.7. The molecule has 1 fully saturated rings. The summed E-state index contributed by atoms with van der Waals surface area (Å²) in [7, 11) is 1.41. The van der Waals surface area contributed by atoms with Gasteiger partial charge >= 0.3 is 11.9 Å². The molecular weight excluding hydrogens is 554 g/mol. The van der Waals surface area contributed by atoms with Crippen molar-refractivity contribution in [3.05, 3.63) is 112 Å². The number of carbonyl (C=O) groups excluding carboxylic acids is 2. The monoisotopic (exact) mass is 585 g/mol. The van der Waals surface area contributed by atoms with Crippen LogP contribution in [0.3, 0.4) is 0 Å². The van der Waals surface area contributed by atoms with Crippen LogP contribution >= 0.6 is 23.4 Å². The van der Waals surface area contributed by atoms with Crippen LogP contribution in [-0.4, -0.2) is 40.6 Å². The normalized spacial score (nSPS) is 14.6. The highest BCUT2D eigenvalue weighted by atomic mass is 35.5. The van der Waals surface area contributed by atoms with Crippen molar-refractivity contribution in [2.45, 2.75) is 43.5 Å². The average molecular weight is 586 g/mol. The standard InChI is InChI=1S/C34H32ClNO4S/c1-23(37)40-34(16-17-34)22-41-30(20-27-8-3-4-9-31(27)33(38)39-2)19-25-7-5-6-24(18-25)10-14-29-15-12-26-11-13-28(35)21-32(26)36-29/h3-15,18,21,30H,16-17,19-20,22H2,1-2H3. The summed E-state index contributed by atoms with van der Waals surface area (Å²) in [5.74, 6) is 0.160. The third-order valence-corrected chi connectivity index (χ3v) is 8.89. The Bertz CT molecular complexity index is 1600. The van der Waals surface area contributed by atoms with E-state index in [0.29, 0.717) is 17.0 Å². The number of hydrogen-bond acceptors (Lipinski definition) is 6. The number of fused-ring (bicyclic) bond motifs is 1. The van der Waals surface area contributed by atoms with E-state index in [-0.39, 0.29) is 22.8 Å². The van der Waals surface area contributed by atoms with Gasteiger partial charge in [0.15, 0.2) is 0 Å². The zero-order chi connectivity index (χ0) is 28.8. The Labute approximate surface area is 249 Å². The van der Waals surface area contributed by atoms with E-state index in [2.05, 4.69) is 30.3 Å². The fourth-order valence-electron chi connectivity index (χ4n) is 4.90. The van der Waals surface area contributed by atoms with E-state index in [1.54, 1.807) is 11.8 Å². The lowest BCUT2D eigenvalue weighted by Gasteiger charge is -2.22. The molecule has 1 heterocycles. The Morgan fingerprint density at radius 3 is 2.59 bits per heavy atom. The second-order valence-corrected chi connectivity index (χ2v) is 12.1. The van der Waals surface area contributed by atoms with Gasteiger partial charge in [-0.25, -0.2) is 9.78 Å². The van der Waals surface area contributed by atoms with Crippen molar-refractivity contribution in [2.75, 3.05) is 12.9 Å². The minimum Gasteiger partial charge on any atom is -0.465 e. The molecule has 1 atom stereocenters. The van der Waals surface area contributed by atoms with Gasteiger partial charge in [-0.05, 0) is 72.7 Å². The molecule has 5 nitrogen and oxygen atoms in total. The van der Waals surface area contributed by atoms with Crippen molar-refractivity contribution in [1.29, 1.82) is 0 Å². The Balaban J connectivity index is 1.34.